The zero-order valence-electron chi connectivity index (χ0n) is 25.4. The molecule has 0 aliphatic carbocycles. The number of hydrogen-bond donors (Lipinski definition) is 2. The van der Waals surface area contributed by atoms with Crippen molar-refractivity contribution in [1.29, 1.82) is 0 Å². The van der Waals surface area contributed by atoms with Gasteiger partial charge in [0.15, 0.2) is 11.5 Å². The first-order valence-corrected chi connectivity index (χ1v) is 15.4. The number of carbonyl (C=O) groups excluding carboxylic acids is 1. The van der Waals surface area contributed by atoms with E-state index in [1.54, 1.807) is 23.1 Å². The molecule has 10 heteroatoms. The summed E-state index contributed by atoms with van der Waals surface area (Å²) in [6, 6.07) is 10.9. The van der Waals surface area contributed by atoms with Gasteiger partial charge in [0.05, 0.1) is 25.1 Å². The first-order valence-electron chi connectivity index (χ1n) is 15.1. The first-order chi connectivity index (χ1) is 21.2. The van der Waals surface area contributed by atoms with Crippen molar-refractivity contribution in [3.8, 4) is 17.2 Å². The molecule has 0 radical (unpaired) electrons. The minimum Gasteiger partial charge on any atom is -0.494 e. The Kier molecular flexibility index (Phi) is 9.65. The molecular weight excluding hydrogens is 587 g/mol. The fraction of sp³-hybridized carbons (Fsp3) is 0.412. The molecule has 0 spiro atoms. The number of nitrogens with zero attached hydrogens (tertiary/aromatic N) is 1. The second-order valence-electron chi connectivity index (χ2n) is 11.2. The molecule has 0 bridgehead atoms. The van der Waals surface area contributed by atoms with E-state index in [2.05, 4.69) is 5.32 Å². The zero-order chi connectivity index (χ0) is 31.5. The minimum absolute atomic E-state index is 0.0867. The molecule has 3 aromatic carbocycles. The second kappa shape index (κ2) is 13.4. The third kappa shape index (κ3) is 6.21. The predicted octanol–water partition coefficient (Wildman–Crippen LogP) is 6.91. The second-order valence-corrected chi connectivity index (χ2v) is 11.7. The molecule has 2 aliphatic rings. The van der Waals surface area contributed by atoms with Gasteiger partial charge in [0.2, 0.25) is 12.7 Å². The average Bonchev–Trinajstić information content (AvgIpc) is 3.62. The first kappa shape index (κ1) is 31.6. The number of carboxylic acids is 1. The molecule has 8 nitrogen and oxygen atoms in total. The van der Waals surface area contributed by atoms with E-state index in [1.807, 2.05) is 45.9 Å². The molecule has 2 N–H and O–H groups in total. The van der Waals surface area contributed by atoms with E-state index in [1.165, 1.54) is 6.07 Å². The summed E-state index contributed by atoms with van der Waals surface area (Å²) in [5, 5.41) is 14.3. The molecule has 1 unspecified atom stereocenters. The topological polar surface area (TPSA) is 97.3 Å². The van der Waals surface area contributed by atoms with Crippen LogP contribution in [-0.2, 0) is 22.4 Å². The molecule has 234 valence electrons. The van der Waals surface area contributed by atoms with Gasteiger partial charge in [-0.15, -0.1) is 0 Å². The largest absolute Gasteiger partial charge is 0.494 e. The molecule has 3 aromatic rings. The number of halogens is 2. The highest BCUT2D eigenvalue weighted by atomic mass is 35.5. The fourth-order valence-corrected chi connectivity index (χ4v) is 6.74. The Balaban J connectivity index is 1.53. The normalized spacial score (nSPS) is 19.3. The zero-order valence-corrected chi connectivity index (χ0v) is 26.2. The van der Waals surface area contributed by atoms with Gasteiger partial charge in [0.25, 0.3) is 0 Å². The molecule has 1 fully saturated rings. The highest BCUT2D eigenvalue weighted by molar-refractivity contribution is 6.30. The summed E-state index contributed by atoms with van der Waals surface area (Å²) in [5.41, 5.74) is 4.26. The standard InChI is InChI=1S/C34H38ClFN2O6/c1-5-12-42-23-8-9-25(27(36)15-23)32-30(34(40)41)26(24-10-11-28-33(19(24)4)44-18-43-28)16-38(32)17-29(39)37-31-20(6-2)13-22(35)14-21(31)7-3/h8-11,13-15,26,30,32H,5-7,12,16-18H2,1-4H3,(H,37,39)(H,40,41)/t26-,30?,32+/m1/s1. The summed E-state index contributed by atoms with van der Waals surface area (Å²) in [6.07, 6.45) is 2.10. The van der Waals surface area contributed by atoms with Crippen LogP contribution in [0.25, 0.3) is 0 Å². The van der Waals surface area contributed by atoms with E-state index in [9.17, 15) is 14.7 Å². The third-order valence-corrected chi connectivity index (χ3v) is 8.73. The van der Waals surface area contributed by atoms with Crippen molar-refractivity contribution < 1.29 is 33.3 Å². The third-order valence-electron chi connectivity index (χ3n) is 8.52. The maximum Gasteiger partial charge on any atom is 0.309 e. The molecule has 44 heavy (non-hydrogen) atoms. The number of benzene rings is 3. The van der Waals surface area contributed by atoms with Gasteiger partial charge < -0.3 is 24.6 Å². The van der Waals surface area contributed by atoms with Crippen molar-refractivity contribution in [1.82, 2.24) is 4.90 Å². The minimum atomic E-state index is -1.08. The van der Waals surface area contributed by atoms with Gasteiger partial charge in [0, 0.05) is 34.8 Å². The summed E-state index contributed by atoms with van der Waals surface area (Å²) in [4.78, 5) is 28.5. The number of nitrogens with one attached hydrogen (secondary N) is 1. The number of anilines is 1. The highest BCUT2D eigenvalue weighted by Crippen LogP contribution is 2.50. The molecule has 3 atom stereocenters. The predicted molar refractivity (Wildman–Crippen MR) is 167 cm³/mol. The van der Waals surface area contributed by atoms with Gasteiger partial charge in [-0.2, -0.15) is 0 Å². The molecule has 0 saturated carbocycles. The Morgan fingerprint density at radius 3 is 2.41 bits per heavy atom. The van der Waals surface area contributed by atoms with Crippen molar-refractivity contribution in [3.05, 3.63) is 81.1 Å². The van der Waals surface area contributed by atoms with Crippen molar-refractivity contribution >= 4 is 29.2 Å². The Morgan fingerprint density at radius 2 is 1.77 bits per heavy atom. The summed E-state index contributed by atoms with van der Waals surface area (Å²) < 4.78 is 32.6. The van der Waals surface area contributed by atoms with Crippen LogP contribution < -0.4 is 19.5 Å². The van der Waals surface area contributed by atoms with Gasteiger partial charge in [-0.05, 0) is 72.7 Å². The van der Waals surface area contributed by atoms with Crippen molar-refractivity contribution in [3.63, 3.8) is 0 Å². The van der Waals surface area contributed by atoms with E-state index in [4.69, 9.17) is 25.8 Å². The van der Waals surface area contributed by atoms with Gasteiger partial charge >= 0.3 is 5.97 Å². The van der Waals surface area contributed by atoms with Crippen LogP contribution in [0.5, 0.6) is 17.2 Å². The van der Waals surface area contributed by atoms with Gasteiger partial charge in [-0.25, -0.2) is 4.39 Å². The average molecular weight is 625 g/mol. The molecule has 0 aromatic heterocycles. The number of amides is 1. The summed E-state index contributed by atoms with van der Waals surface area (Å²) >= 11 is 6.32. The van der Waals surface area contributed by atoms with Crippen LogP contribution in [0.4, 0.5) is 10.1 Å². The number of aryl methyl sites for hydroxylation is 2. The van der Waals surface area contributed by atoms with Crippen LogP contribution in [0.2, 0.25) is 5.02 Å². The van der Waals surface area contributed by atoms with Crippen molar-refractivity contribution in [2.45, 2.75) is 58.9 Å². The maximum absolute atomic E-state index is 15.8. The lowest BCUT2D eigenvalue weighted by molar-refractivity contribution is -0.143. The van der Waals surface area contributed by atoms with Crippen LogP contribution >= 0.6 is 11.6 Å². The lowest BCUT2D eigenvalue weighted by Crippen LogP contribution is -2.36. The highest BCUT2D eigenvalue weighted by Gasteiger charge is 2.49. The molecular formula is C34H38ClFN2O6. The van der Waals surface area contributed by atoms with Crippen molar-refractivity contribution in [2.75, 3.05) is 31.8 Å². The van der Waals surface area contributed by atoms with Crippen LogP contribution in [0.1, 0.15) is 67.0 Å². The van der Waals surface area contributed by atoms with E-state index in [-0.39, 0.29) is 31.4 Å². The molecule has 2 heterocycles. The number of carbonyl (C=O) groups is 2. The van der Waals surface area contributed by atoms with E-state index < -0.39 is 29.7 Å². The number of carboxylic acid groups (broad SMARTS) is 1. The Morgan fingerprint density at radius 1 is 1.07 bits per heavy atom. The monoisotopic (exact) mass is 624 g/mol. The van der Waals surface area contributed by atoms with Crippen LogP contribution in [0.3, 0.4) is 0 Å². The lowest BCUT2D eigenvalue weighted by Gasteiger charge is -2.28. The summed E-state index contributed by atoms with van der Waals surface area (Å²) in [5.74, 6) is -2.05. The van der Waals surface area contributed by atoms with Crippen molar-refractivity contribution in [2.24, 2.45) is 5.92 Å². The van der Waals surface area contributed by atoms with Gasteiger partial charge in [-0.3, -0.25) is 14.5 Å². The number of fused-ring (bicyclic) bond motifs is 1. The molecule has 2 aliphatic heterocycles. The SMILES string of the molecule is CCCOc1ccc([C@H]2C(C(=O)O)[C@@H](c3ccc4c(c3C)OCO4)CN2CC(=O)Nc2c(CC)cc(Cl)cc2CC)c(F)c1. The Bertz CT molecular complexity index is 1540. The van der Waals surface area contributed by atoms with E-state index >= 15 is 4.39 Å². The Labute approximate surface area is 262 Å². The number of ether oxygens (including phenoxy) is 3. The summed E-state index contributed by atoms with van der Waals surface area (Å²) in [6.45, 7) is 8.39. The van der Waals surface area contributed by atoms with E-state index in [0.29, 0.717) is 47.4 Å². The molecule has 1 saturated heterocycles. The van der Waals surface area contributed by atoms with Crippen LogP contribution in [-0.4, -0.2) is 48.4 Å². The smallest absolute Gasteiger partial charge is 0.309 e. The van der Waals surface area contributed by atoms with Gasteiger partial charge in [-0.1, -0.05) is 44.5 Å². The van der Waals surface area contributed by atoms with Crippen LogP contribution in [0.15, 0.2) is 42.5 Å². The number of likely N-dealkylation sites (tertiary alicyclic amines) is 1. The number of aliphatic carboxylic acids is 1. The number of hydrogen-bond acceptors (Lipinski definition) is 6. The van der Waals surface area contributed by atoms with Crippen LogP contribution in [0, 0.1) is 18.7 Å². The molecule has 5 rings (SSSR count). The lowest BCUT2D eigenvalue weighted by atomic mass is 9.81. The number of rotatable bonds is 11. The van der Waals surface area contributed by atoms with Gasteiger partial charge in [0.1, 0.15) is 11.6 Å². The Hall–Kier alpha value is -3.82. The quantitative estimate of drug-likeness (QED) is 0.239. The maximum atomic E-state index is 15.8. The fourth-order valence-electron chi connectivity index (χ4n) is 6.47. The summed E-state index contributed by atoms with van der Waals surface area (Å²) in [7, 11) is 0. The van der Waals surface area contributed by atoms with E-state index in [0.717, 1.165) is 28.7 Å². The molecule has 1 amide bonds.